The number of nitrogens with two attached hydrogens (primary N) is 1. The van der Waals surface area contributed by atoms with Gasteiger partial charge in [-0.1, -0.05) is 30.3 Å². The van der Waals surface area contributed by atoms with Gasteiger partial charge in [0.25, 0.3) is 0 Å². The van der Waals surface area contributed by atoms with Gasteiger partial charge in [-0.25, -0.2) is 4.79 Å². The molecule has 2 heterocycles. The summed E-state index contributed by atoms with van der Waals surface area (Å²) >= 11 is 1.48. The van der Waals surface area contributed by atoms with Crippen molar-refractivity contribution >= 4 is 23.1 Å². The zero-order chi connectivity index (χ0) is 17.8. The Kier molecular flexibility index (Phi) is 4.87. The lowest BCUT2D eigenvalue weighted by Gasteiger charge is -2.27. The highest BCUT2D eigenvalue weighted by Gasteiger charge is 2.38. The highest BCUT2D eigenvalue weighted by molar-refractivity contribution is 7.08. The van der Waals surface area contributed by atoms with Gasteiger partial charge < -0.3 is 15.2 Å². The molecule has 2 N–H and O–H groups in total. The molecule has 0 saturated heterocycles. The maximum absolute atomic E-state index is 12.7. The molecular weight excluding hydrogens is 336 g/mol. The number of hydrogen-bond donors (Lipinski definition) is 1. The summed E-state index contributed by atoms with van der Waals surface area (Å²) in [7, 11) is 0. The summed E-state index contributed by atoms with van der Waals surface area (Å²) in [4.78, 5) is 12.7. The van der Waals surface area contributed by atoms with E-state index in [1.54, 1.807) is 6.92 Å². The molecule has 0 bridgehead atoms. The van der Waals surface area contributed by atoms with Crippen molar-refractivity contribution in [2.45, 2.75) is 12.8 Å². The molecule has 0 saturated carbocycles. The first kappa shape index (κ1) is 16.8. The number of carbonyl (C=O) groups excluding carboxylic acids is 1. The van der Waals surface area contributed by atoms with Crippen molar-refractivity contribution in [2.24, 2.45) is 5.73 Å². The molecule has 0 amide bonds. The Balaban J connectivity index is 2.25. The van der Waals surface area contributed by atoms with Gasteiger partial charge in [-0.2, -0.15) is 16.6 Å². The lowest BCUT2D eigenvalue weighted by Crippen LogP contribution is -2.25. The van der Waals surface area contributed by atoms with Gasteiger partial charge in [0, 0.05) is 5.56 Å². The van der Waals surface area contributed by atoms with E-state index in [0.717, 1.165) is 5.56 Å². The number of allylic oxidation sites excluding steroid dienone is 1. The number of esters is 1. The molecule has 0 radical (unpaired) electrons. The van der Waals surface area contributed by atoms with Gasteiger partial charge in [-0.3, -0.25) is 0 Å². The standard InChI is InChI=1S/C19H16N2O3S/c1-2-23-19(22)16-15(13-8-9-25-11-13)14(10-20)18(21)24-17(16)12-6-4-3-5-7-12/h3-9,11,15H,2,21H2,1H3/t15-/m1/s1. The van der Waals surface area contributed by atoms with Gasteiger partial charge in [0.15, 0.2) is 0 Å². The monoisotopic (exact) mass is 352 g/mol. The van der Waals surface area contributed by atoms with Crippen molar-refractivity contribution in [3.8, 4) is 6.07 Å². The molecular formula is C19H16N2O3S. The Morgan fingerprint density at radius 1 is 1.36 bits per heavy atom. The predicted octanol–water partition coefficient (Wildman–Crippen LogP) is 3.53. The van der Waals surface area contributed by atoms with E-state index in [2.05, 4.69) is 6.07 Å². The first-order chi connectivity index (χ1) is 12.2. The van der Waals surface area contributed by atoms with Gasteiger partial charge in [0.2, 0.25) is 5.88 Å². The quantitative estimate of drug-likeness (QED) is 0.851. The third-order valence-corrected chi connectivity index (χ3v) is 4.53. The molecule has 1 aromatic heterocycles. The minimum Gasteiger partial charge on any atom is -0.463 e. The van der Waals surface area contributed by atoms with Crippen LogP contribution in [0.5, 0.6) is 0 Å². The van der Waals surface area contributed by atoms with Crippen LogP contribution in [0.25, 0.3) is 5.76 Å². The topological polar surface area (TPSA) is 85.3 Å². The molecule has 1 aliphatic rings. The van der Waals surface area contributed by atoms with E-state index in [9.17, 15) is 10.1 Å². The summed E-state index contributed by atoms with van der Waals surface area (Å²) in [6, 6.07) is 13.1. The smallest absolute Gasteiger partial charge is 0.338 e. The van der Waals surface area contributed by atoms with Crippen molar-refractivity contribution in [3.05, 3.63) is 75.3 Å². The Morgan fingerprint density at radius 3 is 2.72 bits per heavy atom. The first-order valence-corrected chi connectivity index (χ1v) is 8.68. The molecule has 1 atom stereocenters. The number of benzene rings is 1. The van der Waals surface area contributed by atoms with Crippen LogP contribution in [-0.4, -0.2) is 12.6 Å². The van der Waals surface area contributed by atoms with Gasteiger partial charge >= 0.3 is 5.97 Å². The average molecular weight is 352 g/mol. The van der Waals surface area contributed by atoms with Crippen molar-refractivity contribution < 1.29 is 14.3 Å². The fourth-order valence-electron chi connectivity index (χ4n) is 2.75. The number of thiophene rings is 1. The van der Waals surface area contributed by atoms with E-state index in [0.29, 0.717) is 11.3 Å². The maximum Gasteiger partial charge on any atom is 0.338 e. The Bertz CT molecular complexity index is 877. The molecule has 3 rings (SSSR count). The number of nitrogens with zero attached hydrogens (tertiary/aromatic N) is 1. The molecule has 6 heteroatoms. The van der Waals surface area contributed by atoms with Gasteiger partial charge in [0.05, 0.1) is 18.1 Å². The third kappa shape index (κ3) is 3.14. The first-order valence-electron chi connectivity index (χ1n) is 7.73. The fourth-order valence-corrected chi connectivity index (χ4v) is 3.44. The number of ether oxygens (including phenoxy) is 2. The second kappa shape index (κ2) is 7.24. The van der Waals surface area contributed by atoms with E-state index in [1.165, 1.54) is 11.3 Å². The molecule has 0 fully saturated rings. The summed E-state index contributed by atoms with van der Waals surface area (Å²) < 4.78 is 10.9. The number of rotatable bonds is 4. The summed E-state index contributed by atoms with van der Waals surface area (Å²) in [6.45, 7) is 1.96. The minimum absolute atomic E-state index is 0.00519. The molecule has 126 valence electrons. The van der Waals surface area contributed by atoms with Crippen LogP contribution < -0.4 is 5.73 Å². The van der Waals surface area contributed by atoms with Gasteiger partial charge in [-0.05, 0) is 29.3 Å². The molecule has 25 heavy (non-hydrogen) atoms. The second-order valence-corrected chi connectivity index (χ2v) is 6.09. The fraction of sp³-hybridized carbons (Fsp3) is 0.158. The molecule has 0 spiro atoms. The van der Waals surface area contributed by atoms with Gasteiger partial charge in [0.1, 0.15) is 17.4 Å². The highest BCUT2D eigenvalue weighted by atomic mass is 32.1. The summed E-state index contributed by atoms with van der Waals surface area (Å²) in [5.41, 5.74) is 8.01. The van der Waals surface area contributed by atoms with Crippen LogP contribution in [0, 0.1) is 11.3 Å². The molecule has 0 unspecified atom stereocenters. The normalized spacial score (nSPS) is 17.0. The van der Waals surface area contributed by atoms with Crippen LogP contribution in [0.4, 0.5) is 0 Å². The third-order valence-electron chi connectivity index (χ3n) is 3.83. The van der Waals surface area contributed by atoms with Crippen LogP contribution in [0.1, 0.15) is 24.0 Å². The maximum atomic E-state index is 12.7. The van der Waals surface area contributed by atoms with E-state index in [1.807, 2.05) is 47.2 Å². The Labute approximate surface area is 149 Å². The van der Waals surface area contributed by atoms with Crippen LogP contribution in [0.2, 0.25) is 0 Å². The largest absolute Gasteiger partial charge is 0.463 e. The molecule has 1 aromatic carbocycles. The van der Waals surface area contributed by atoms with E-state index < -0.39 is 11.9 Å². The van der Waals surface area contributed by atoms with Crippen LogP contribution in [-0.2, 0) is 14.3 Å². The lowest BCUT2D eigenvalue weighted by atomic mass is 9.83. The van der Waals surface area contributed by atoms with E-state index >= 15 is 0 Å². The second-order valence-electron chi connectivity index (χ2n) is 5.31. The Hall–Kier alpha value is -3.04. The van der Waals surface area contributed by atoms with Crippen LogP contribution >= 0.6 is 11.3 Å². The molecule has 5 nitrogen and oxygen atoms in total. The van der Waals surface area contributed by atoms with Crippen molar-refractivity contribution in [3.63, 3.8) is 0 Å². The molecule has 2 aromatic rings. The van der Waals surface area contributed by atoms with Crippen molar-refractivity contribution in [2.75, 3.05) is 6.61 Å². The average Bonchev–Trinajstić information content (AvgIpc) is 3.16. The van der Waals surface area contributed by atoms with E-state index in [-0.39, 0.29) is 23.6 Å². The zero-order valence-electron chi connectivity index (χ0n) is 13.6. The minimum atomic E-state index is -0.612. The van der Waals surface area contributed by atoms with Crippen LogP contribution in [0.15, 0.2) is 64.2 Å². The van der Waals surface area contributed by atoms with E-state index in [4.69, 9.17) is 15.2 Å². The highest BCUT2D eigenvalue weighted by Crippen LogP contribution is 2.43. The number of nitriles is 1. The summed E-state index contributed by atoms with van der Waals surface area (Å²) in [5, 5.41) is 13.4. The predicted molar refractivity (Wildman–Crippen MR) is 95.0 cm³/mol. The number of hydrogen-bond acceptors (Lipinski definition) is 6. The molecule has 0 aliphatic carbocycles. The lowest BCUT2D eigenvalue weighted by molar-refractivity contribution is -0.138. The van der Waals surface area contributed by atoms with Crippen molar-refractivity contribution in [1.82, 2.24) is 0 Å². The number of carbonyl (C=O) groups is 1. The van der Waals surface area contributed by atoms with Gasteiger partial charge in [-0.15, -0.1) is 0 Å². The summed E-state index contributed by atoms with van der Waals surface area (Å²) in [5.74, 6) is -0.797. The Morgan fingerprint density at radius 2 is 2.12 bits per heavy atom. The SMILES string of the molecule is CCOC(=O)C1=C(c2ccccc2)OC(N)=C(C#N)[C@H]1c1ccsc1. The van der Waals surface area contributed by atoms with Crippen LogP contribution in [0.3, 0.4) is 0 Å². The summed E-state index contributed by atoms with van der Waals surface area (Å²) in [6.07, 6.45) is 0. The zero-order valence-corrected chi connectivity index (χ0v) is 14.4. The molecule has 1 aliphatic heterocycles. The van der Waals surface area contributed by atoms with Crippen molar-refractivity contribution in [1.29, 1.82) is 5.26 Å².